The van der Waals surface area contributed by atoms with Crippen molar-refractivity contribution in [3.05, 3.63) is 28.5 Å². The highest BCUT2D eigenvalue weighted by Crippen LogP contribution is 2.33. The Kier molecular flexibility index (Phi) is 2.96. The van der Waals surface area contributed by atoms with Crippen LogP contribution in [0.5, 0.6) is 0 Å². The van der Waals surface area contributed by atoms with Gasteiger partial charge in [-0.15, -0.1) is 0 Å². The molecule has 0 aliphatic rings. The third-order valence-electron chi connectivity index (χ3n) is 1.53. The van der Waals surface area contributed by atoms with Crippen molar-refractivity contribution >= 4 is 11.6 Å². The van der Waals surface area contributed by atoms with E-state index in [1.807, 2.05) is 0 Å². The zero-order valence-corrected chi connectivity index (χ0v) is 7.52. The lowest BCUT2D eigenvalue weighted by atomic mass is 10.1. The molecule has 0 aliphatic heterocycles. The minimum absolute atomic E-state index is 0.163. The van der Waals surface area contributed by atoms with Crippen LogP contribution in [-0.2, 0) is 12.6 Å². The van der Waals surface area contributed by atoms with Gasteiger partial charge in [-0.1, -0.05) is 11.6 Å². The first-order valence-corrected chi connectivity index (χ1v) is 3.91. The Morgan fingerprint density at radius 3 is 2.64 bits per heavy atom. The maximum atomic E-state index is 12.4. The van der Waals surface area contributed by atoms with Gasteiger partial charge in [0, 0.05) is 6.20 Å². The van der Waals surface area contributed by atoms with E-state index < -0.39 is 11.7 Å². The summed E-state index contributed by atoms with van der Waals surface area (Å²) in [5.41, 5.74) is -1.07. The largest absolute Gasteiger partial charge is 0.416 e. The van der Waals surface area contributed by atoms with Crippen molar-refractivity contribution in [2.45, 2.75) is 12.6 Å². The number of hydrogen-bond donors (Lipinski definition) is 0. The van der Waals surface area contributed by atoms with Crippen LogP contribution in [0.1, 0.15) is 11.1 Å². The molecule has 0 aliphatic carbocycles. The van der Waals surface area contributed by atoms with Crippen LogP contribution in [0.4, 0.5) is 13.2 Å². The van der Waals surface area contributed by atoms with Gasteiger partial charge in [0.05, 0.1) is 18.1 Å². The summed E-state index contributed by atoms with van der Waals surface area (Å²) in [4.78, 5) is 3.49. The average Bonchev–Trinajstić information content (AvgIpc) is 2.07. The molecule has 0 saturated carbocycles. The van der Waals surface area contributed by atoms with Gasteiger partial charge >= 0.3 is 6.18 Å². The van der Waals surface area contributed by atoms with E-state index >= 15 is 0 Å². The monoisotopic (exact) mass is 220 g/mol. The second kappa shape index (κ2) is 3.84. The quantitative estimate of drug-likeness (QED) is 0.683. The molecule has 0 bridgehead atoms. The maximum Gasteiger partial charge on any atom is 0.416 e. The topological polar surface area (TPSA) is 36.7 Å². The summed E-state index contributed by atoms with van der Waals surface area (Å²) in [6.07, 6.45) is -3.87. The normalized spacial score (nSPS) is 11.1. The highest BCUT2D eigenvalue weighted by molar-refractivity contribution is 6.29. The number of pyridine rings is 1. The molecule has 0 spiro atoms. The van der Waals surface area contributed by atoms with Gasteiger partial charge in [-0.25, -0.2) is 4.98 Å². The molecule has 0 N–H and O–H groups in total. The van der Waals surface area contributed by atoms with E-state index in [-0.39, 0.29) is 17.1 Å². The summed E-state index contributed by atoms with van der Waals surface area (Å²) < 4.78 is 37.1. The highest BCUT2D eigenvalue weighted by atomic mass is 35.5. The van der Waals surface area contributed by atoms with Crippen molar-refractivity contribution in [3.8, 4) is 6.07 Å². The van der Waals surface area contributed by atoms with E-state index in [1.54, 1.807) is 6.07 Å². The first-order valence-electron chi connectivity index (χ1n) is 3.53. The molecule has 1 aromatic rings. The third kappa shape index (κ3) is 2.36. The Hall–Kier alpha value is -1.28. The molecule has 6 heteroatoms. The van der Waals surface area contributed by atoms with Crippen molar-refractivity contribution in [1.29, 1.82) is 5.26 Å². The molecule has 0 radical (unpaired) electrons. The number of nitrogens with zero attached hydrogens (tertiary/aromatic N) is 2. The first kappa shape index (κ1) is 10.8. The lowest BCUT2D eigenvalue weighted by Crippen LogP contribution is -2.09. The van der Waals surface area contributed by atoms with Crippen LogP contribution in [-0.4, -0.2) is 4.98 Å². The minimum Gasteiger partial charge on any atom is -0.244 e. The fraction of sp³-hybridized carbons (Fsp3) is 0.250. The Bertz CT molecular complexity index is 381. The molecule has 74 valence electrons. The second-order valence-corrected chi connectivity index (χ2v) is 2.88. The van der Waals surface area contributed by atoms with Gasteiger partial charge in [0.15, 0.2) is 0 Å². The number of aromatic nitrogens is 1. The lowest BCUT2D eigenvalue weighted by Gasteiger charge is -2.10. The average molecular weight is 221 g/mol. The van der Waals surface area contributed by atoms with E-state index in [2.05, 4.69) is 4.98 Å². The van der Waals surface area contributed by atoms with Crippen molar-refractivity contribution in [1.82, 2.24) is 4.98 Å². The van der Waals surface area contributed by atoms with Crippen molar-refractivity contribution in [2.75, 3.05) is 0 Å². The summed E-state index contributed by atoms with van der Waals surface area (Å²) in [5.74, 6) is 0. The fourth-order valence-electron chi connectivity index (χ4n) is 0.948. The van der Waals surface area contributed by atoms with Gasteiger partial charge in [0.25, 0.3) is 0 Å². The van der Waals surface area contributed by atoms with Crippen LogP contribution in [0.2, 0.25) is 5.15 Å². The van der Waals surface area contributed by atoms with Crippen LogP contribution in [0.3, 0.4) is 0 Å². The van der Waals surface area contributed by atoms with Crippen molar-refractivity contribution in [2.24, 2.45) is 0 Å². The molecular formula is C8H4ClF3N2. The number of hydrogen-bond acceptors (Lipinski definition) is 2. The van der Waals surface area contributed by atoms with Gasteiger partial charge < -0.3 is 0 Å². The van der Waals surface area contributed by atoms with Crippen LogP contribution in [0, 0.1) is 11.3 Å². The van der Waals surface area contributed by atoms with Crippen LogP contribution in [0.25, 0.3) is 0 Å². The Morgan fingerprint density at radius 2 is 2.14 bits per heavy atom. The molecule has 14 heavy (non-hydrogen) atoms. The summed E-state index contributed by atoms with van der Waals surface area (Å²) in [6.45, 7) is 0. The SMILES string of the molecule is N#CCc1cnc(Cl)cc1C(F)(F)F. The molecule has 0 fully saturated rings. The minimum atomic E-state index is -4.50. The van der Waals surface area contributed by atoms with E-state index in [0.29, 0.717) is 6.07 Å². The van der Waals surface area contributed by atoms with Gasteiger partial charge in [0.1, 0.15) is 5.15 Å². The van der Waals surface area contributed by atoms with Crippen LogP contribution >= 0.6 is 11.6 Å². The second-order valence-electron chi connectivity index (χ2n) is 2.50. The summed E-state index contributed by atoms with van der Waals surface area (Å²) in [7, 11) is 0. The predicted octanol–water partition coefficient (Wildman–Crippen LogP) is 2.82. The summed E-state index contributed by atoms with van der Waals surface area (Å²) in [6, 6.07) is 2.35. The lowest BCUT2D eigenvalue weighted by molar-refractivity contribution is -0.138. The summed E-state index contributed by atoms with van der Waals surface area (Å²) >= 11 is 5.33. The molecular weight excluding hydrogens is 217 g/mol. The van der Waals surface area contributed by atoms with Gasteiger partial charge in [-0.3, -0.25) is 0 Å². The Morgan fingerprint density at radius 1 is 1.50 bits per heavy atom. The van der Waals surface area contributed by atoms with Crippen molar-refractivity contribution < 1.29 is 13.2 Å². The van der Waals surface area contributed by atoms with Crippen molar-refractivity contribution in [3.63, 3.8) is 0 Å². The summed E-state index contributed by atoms with van der Waals surface area (Å²) in [5, 5.41) is 8.06. The molecule has 0 atom stereocenters. The first-order chi connectivity index (χ1) is 6.45. The third-order valence-corrected chi connectivity index (χ3v) is 1.73. The zero-order valence-electron chi connectivity index (χ0n) is 6.77. The standard InChI is InChI=1S/C8H4ClF3N2/c9-7-3-6(8(10,11)12)5(1-2-13)4-14-7/h3-4H,1H2. The van der Waals surface area contributed by atoms with E-state index in [9.17, 15) is 13.2 Å². The maximum absolute atomic E-state index is 12.4. The zero-order chi connectivity index (χ0) is 10.8. The highest BCUT2D eigenvalue weighted by Gasteiger charge is 2.33. The molecule has 1 aromatic heterocycles. The molecule has 0 saturated heterocycles. The molecule has 1 heterocycles. The smallest absolute Gasteiger partial charge is 0.244 e. The van der Waals surface area contributed by atoms with Gasteiger partial charge in [0.2, 0.25) is 0 Å². The van der Waals surface area contributed by atoms with Crippen LogP contribution < -0.4 is 0 Å². The van der Waals surface area contributed by atoms with Gasteiger partial charge in [-0.05, 0) is 11.6 Å². The number of nitriles is 1. The molecule has 0 unspecified atom stereocenters. The molecule has 1 rings (SSSR count). The molecule has 0 aromatic carbocycles. The van der Waals surface area contributed by atoms with E-state index in [4.69, 9.17) is 16.9 Å². The van der Waals surface area contributed by atoms with Crippen LogP contribution in [0.15, 0.2) is 12.3 Å². The number of halogens is 4. The Labute approximate surface area is 82.9 Å². The van der Waals surface area contributed by atoms with E-state index in [1.165, 1.54) is 0 Å². The van der Waals surface area contributed by atoms with E-state index in [0.717, 1.165) is 6.20 Å². The van der Waals surface area contributed by atoms with Gasteiger partial charge in [-0.2, -0.15) is 18.4 Å². The molecule has 2 nitrogen and oxygen atoms in total. The molecule has 0 amide bonds. The number of rotatable bonds is 1. The predicted molar refractivity (Wildman–Crippen MR) is 43.6 cm³/mol. The fourth-order valence-corrected chi connectivity index (χ4v) is 1.11. The number of alkyl halides is 3. The Balaban J connectivity index is 3.24.